The second kappa shape index (κ2) is 10.6. The number of para-hydroxylation sites is 1. The van der Waals surface area contributed by atoms with Gasteiger partial charge in [-0.25, -0.2) is 0 Å². The summed E-state index contributed by atoms with van der Waals surface area (Å²) in [5.74, 6) is -0.166. The van der Waals surface area contributed by atoms with Crippen molar-refractivity contribution >= 4 is 16.8 Å². The molecule has 3 heterocycles. The maximum Gasteiger partial charge on any atom is 0.326 e. The van der Waals surface area contributed by atoms with Gasteiger partial charge in [-0.15, -0.1) is 15.0 Å². The molecule has 4 rings (SSSR count). The van der Waals surface area contributed by atoms with Crippen molar-refractivity contribution in [3.8, 4) is 18.0 Å². The van der Waals surface area contributed by atoms with Crippen LogP contribution in [0.3, 0.4) is 0 Å². The highest BCUT2D eigenvalue weighted by atomic mass is 16.6. The smallest absolute Gasteiger partial charge is 0.326 e. The van der Waals surface area contributed by atoms with Gasteiger partial charge in [-0.2, -0.15) is 5.10 Å². The van der Waals surface area contributed by atoms with Crippen LogP contribution >= 0.6 is 0 Å². The minimum Gasteiger partial charge on any atom is -0.460 e. The Balaban J connectivity index is 1.40. The molecule has 0 saturated carbocycles. The molecule has 1 saturated heterocycles. The van der Waals surface area contributed by atoms with Crippen LogP contribution in [0.2, 0.25) is 0 Å². The lowest BCUT2D eigenvalue weighted by atomic mass is 10.2. The molecule has 0 radical (unpaired) electrons. The Bertz CT molecular complexity index is 1100. The molecule has 11 nitrogen and oxygen atoms in total. The molecule has 1 aromatic carbocycles. The molecule has 1 N–H and O–H groups in total. The van der Waals surface area contributed by atoms with Crippen LogP contribution in [0, 0.1) is 0 Å². The first kappa shape index (κ1) is 22.2. The number of morpholine rings is 1. The van der Waals surface area contributed by atoms with E-state index in [9.17, 15) is 4.79 Å². The minimum atomic E-state index is -0.375. The van der Waals surface area contributed by atoms with Crippen molar-refractivity contribution in [2.45, 2.75) is 6.10 Å². The quantitative estimate of drug-likeness (QED) is 0.458. The summed E-state index contributed by atoms with van der Waals surface area (Å²) in [6.45, 7) is 8.92. The molecule has 1 amide bonds. The molecule has 0 spiro atoms. The largest absolute Gasteiger partial charge is 0.460 e. The number of nitrogens with one attached hydrogen (secondary N) is 1. The van der Waals surface area contributed by atoms with Crippen LogP contribution in [0.5, 0.6) is 18.0 Å². The zero-order valence-electron chi connectivity index (χ0n) is 18.0. The van der Waals surface area contributed by atoms with Crippen molar-refractivity contribution in [2.75, 3.05) is 39.5 Å². The van der Waals surface area contributed by atoms with Gasteiger partial charge in [0.2, 0.25) is 0 Å². The Morgan fingerprint density at radius 3 is 2.45 bits per heavy atom. The number of fused-ring (bicyclic) bond motifs is 1. The number of aromatic nitrogens is 5. The molecule has 1 aliphatic rings. The van der Waals surface area contributed by atoms with E-state index in [0.29, 0.717) is 25.4 Å². The molecular formula is C22H24N6O5. The monoisotopic (exact) mass is 452 g/mol. The highest BCUT2D eigenvalue weighted by Crippen LogP contribution is 2.19. The predicted octanol–water partition coefficient (Wildman–Crippen LogP) is 1.80. The van der Waals surface area contributed by atoms with E-state index in [4.69, 9.17) is 18.9 Å². The zero-order chi connectivity index (χ0) is 23.0. The first-order chi connectivity index (χ1) is 16.2. The maximum absolute atomic E-state index is 13.0. The number of benzene rings is 1. The number of amides is 1. The fourth-order valence-electron chi connectivity index (χ4n) is 3.23. The minimum absolute atomic E-state index is 0.0217. The van der Waals surface area contributed by atoms with Crippen molar-refractivity contribution in [1.82, 2.24) is 30.0 Å². The lowest BCUT2D eigenvalue weighted by molar-refractivity contribution is -0.0416. The molecule has 11 heteroatoms. The van der Waals surface area contributed by atoms with Crippen molar-refractivity contribution in [3.63, 3.8) is 0 Å². The first-order valence-electron chi connectivity index (χ1n) is 10.4. The lowest BCUT2D eigenvalue weighted by Gasteiger charge is -2.32. The third-order valence-electron chi connectivity index (χ3n) is 4.73. The third-order valence-corrected chi connectivity index (χ3v) is 4.73. The molecule has 1 aliphatic heterocycles. The van der Waals surface area contributed by atoms with Crippen LogP contribution < -0.4 is 14.2 Å². The molecule has 33 heavy (non-hydrogen) atoms. The van der Waals surface area contributed by atoms with Crippen molar-refractivity contribution in [2.24, 2.45) is 0 Å². The van der Waals surface area contributed by atoms with Crippen LogP contribution in [0.4, 0.5) is 0 Å². The van der Waals surface area contributed by atoms with Gasteiger partial charge >= 0.3 is 18.0 Å². The Hall–Kier alpha value is -3.99. The molecule has 2 aromatic heterocycles. The normalized spacial score (nSPS) is 15.8. The van der Waals surface area contributed by atoms with Gasteiger partial charge in [-0.1, -0.05) is 43.5 Å². The summed E-state index contributed by atoms with van der Waals surface area (Å²) < 4.78 is 22.2. The van der Waals surface area contributed by atoms with Gasteiger partial charge in [0.15, 0.2) is 5.69 Å². The molecule has 0 aliphatic carbocycles. The number of hydrogen-bond donors (Lipinski definition) is 1. The Morgan fingerprint density at radius 2 is 1.76 bits per heavy atom. The third kappa shape index (κ3) is 5.44. The standard InChI is InChI=1S/C22H24N6O5/c1-3-10-31-20-23-21(32-11-4-2)25-22(24-20)33-14-15-13-28(9-12-30-15)19(29)18-16-7-5-6-8-17(16)26-27-18/h3-8,15H,1-2,9-14H2,(H,26,27). The van der Waals surface area contributed by atoms with E-state index in [0.717, 1.165) is 10.9 Å². The summed E-state index contributed by atoms with van der Waals surface area (Å²) in [7, 11) is 0. The average molecular weight is 452 g/mol. The zero-order valence-corrected chi connectivity index (χ0v) is 18.0. The van der Waals surface area contributed by atoms with E-state index < -0.39 is 0 Å². The van der Waals surface area contributed by atoms with Crippen molar-refractivity contribution in [3.05, 3.63) is 55.3 Å². The van der Waals surface area contributed by atoms with Crippen molar-refractivity contribution < 1.29 is 23.7 Å². The summed E-state index contributed by atoms with van der Waals surface area (Å²) in [5, 5.41) is 7.88. The van der Waals surface area contributed by atoms with Gasteiger partial charge < -0.3 is 23.8 Å². The number of H-pyrrole nitrogens is 1. The number of carbonyl (C=O) groups is 1. The number of nitrogens with zero attached hydrogens (tertiary/aromatic N) is 5. The molecule has 0 bridgehead atoms. The molecule has 172 valence electrons. The first-order valence-corrected chi connectivity index (χ1v) is 10.4. The van der Waals surface area contributed by atoms with Gasteiger partial charge in [-0.05, 0) is 6.07 Å². The van der Waals surface area contributed by atoms with E-state index in [1.165, 1.54) is 0 Å². The summed E-state index contributed by atoms with van der Waals surface area (Å²) in [6.07, 6.45) is 2.76. The van der Waals surface area contributed by atoms with Crippen LogP contribution in [0.1, 0.15) is 10.5 Å². The van der Waals surface area contributed by atoms with Gasteiger partial charge in [0.25, 0.3) is 5.91 Å². The predicted molar refractivity (Wildman–Crippen MR) is 118 cm³/mol. The number of rotatable bonds is 10. The van der Waals surface area contributed by atoms with E-state index >= 15 is 0 Å². The average Bonchev–Trinajstić information content (AvgIpc) is 3.29. The molecule has 3 aromatic rings. The van der Waals surface area contributed by atoms with Gasteiger partial charge in [0, 0.05) is 11.9 Å². The molecule has 1 unspecified atom stereocenters. The maximum atomic E-state index is 13.0. The van der Waals surface area contributed by atoms with Gasteiger partial charge in [0.05, 0.1) is 18.7 Å². The van der Waals surface area contributed by atoms with Crippen LogP contribution in [0.15, 0.2) is 49.6 Å². The molecule has 1 atom stereocenters. The van der Waals surface area contributed by atoms with Gasteiger partial charge in [0.1, 0.15) is 25.9 Å². The number of carbonyl (C=O) groups excluding carboxylic acids is 1. The number of ether oxygens (including phenoxy) is 4. The van der Waals surface area contributed by atoms with Gasteiger partial charge in [-0.3, -0.25) is 9.89 Å². The Morgan fingerprint density at radius 1 is 1.09 bits per heavy atom. The van der Waals surface area contributed by atoms with E-state index in [1.807, 2.05) is 24.3 Å². The van der Waals surface area contributed by atoms with Crippen LogP contribution in [0.25, 0.3) is 10.9 Å². The number of aromatic amines is 1. The summed E-state index contributed by atoms with van der Waals surface area (Å²) in [6, 6.07) is 7.62. The second-order valence-corrected chi connectivity index (χ2v) is 7.06. The summed E-state index contributed by atoms with van der Waals surface area (Å²) >= 11 is 0. The number of hydrogen-bond acceptors (Lipinski definition) is 9. The fourth-order valence-corrected chi connectivity index (χ4v) is 3.23. The summed E-state index contributed by atoms with van der Waals surface area (Å²) in [4.78, 5) is 27.0. The Labute approximate surface area is 190 Å². The van der Waals surface area contributed by atoms with E-state index in [-0.39, 0.29) is 49.9 Å². The second-order valence-electron chi connectivity index (χ2n) is 7.06. The molecule has 1 fully saturated rings. The SMILES string of the molecule is C=CCOc1nc(OCC=C)nc(OCC2CN(C(=O)c3n[nH]c4ccccc34)CCO2)n1. The van der Waals surface area contributed by atoms with Crippen LogP contribution in [-0.4, -0.2) is 81.6 Å². The topological polar surface area (TPSA) is 125 Å². The highest BCUT2D eigenvalue weighted by Gasteiger charge is 2.28. The summed E-state index contributed by atoms with van der Waals surface area (Å²) in [5.41, 5.74) is 1.20. The van der Waals surface area contributed by atoms with E-state index in [1.54, 1.807) is 17.1 Å². The fraction of sp³-hybridized carbons (Fsp3) is 0.318. The lowest BCUT2D eigenvalue weighted by Crippen LogP contribution is -2.47. The highest BCUT2D eigenvalue weighted by molar-refractivity contribution is 6.04. The van der Waals surface area contributed by atoms with E-state index in [2.05, 4.69) is 38.3 Å². The Kier molecular flexibility index (Phi) is 7.10. The van der Waals surface area contributed by atoms with Crippen molar-refractivity contribution in [1.29, 1.82) is 0 Å². The van der Waals surface area contributed by atoms with Crippen LogP contribution in [-0.2, 0) is 4.74 Å². The molecular weight excluding hydrogens is 428 g/mol.